The maximum atomic E-state index is 15.0. The quantitative estimate of drug-likeness (QED) is 0.156. The van der Waals surface area contributed by atoms with Gasteiger partial charge in [0.25, 0.3) is 5.56 Å². The molecule has 0 fully saturated rings. The fourth-order valence-corrected chi connectivity index (χ4v) is 6.82. The number of fused-ring (bicyclic) bond motifs is 1. The predicted octanol–water partition coefficient (Wildman–Crippen LogP) is 5.70. The van der Waals surface area contributed by atoms with Crippen LogP contribution in [0.25, 0.3) is 26.3 Å². The zero-order valence-electron chi connectivity index (χ0n) is 27.7. The first-order valence-corrected chi connectivity index (χ1v) is 16.7. The van der Waals surface area contributed by atoms with Gasteiger partial charge in [-0.15, -0.1) is 11.3 Å². The molecular weight excluding hydrogens is 650 g/mol. The molecule has 0 aliphatic rings. The lowest BCUT2D eigenvalue weighted by molar-refractivity contribution is -0.121. The second-order valence-electron chi connectivity index (χ2n) is 11.9. The van der Waals surface area contributed by atoms with Crippen LogP contribution in [0.4, 0.5) is 19.3 Å². The van der Waals surface area contributed by atoms with Crippen molar-refractivity contribution in [2.75, 3.05) is 25.5 Å². The summed E-state index contributed by atoms with van der Waals surface area (Å²) < 4.78 is 32.3. The van der Waals surface area contributed by atoms with E-state index in [1.165, 1.54) is 22.0 Å². The van der Waals surface area contributed by atoms with E-state index in [4.69, 9.17) is 0 Å². The minimum atomic E-state index is -0.816. The minimum Gasteiger partial charge on any atom is -0.354 e. The Morgan fingerprint density at radius 1 is 0.918 bits per heavy atom. The SMILES string of the molecule is CCNC(=O)Nc1ccc(-c2sc3c(c2CN(C)CCC(=O)NC(C)C)c(=O)n(-c2ccccc2)c(=O)n3Cc2c(F)cccc2F)cc1. The van der Waals surface area contributed by atoms with Crippen molar-refractivity contribution in [3.8, 4) is 16.1 Å². The molecule has 2 aromatic heterocycles. The number of carbonyl (C=O) groups is 2. The average Bonchev–Trinajstić information content (AvgIpc) is 3.43. The summed E-state index contributed by atoms with van der Waals surface area (Å²) in [6.07, 6.45) is 0.220. The van der Waals surface area contributed by atoms with E-state index in [1.54, 1.807) is 54.6 Å². The highest BCUT2D eigenvalue weighted by atomic mass is 32.1. The van der Waals surface area contributed by atoms with Gasteiger partial charge in [-0.2, -0.15) is 0 Å². The number of para-hydroxylation sites is 1. The van der Waals surface area contributed by atoms with Gasteiger partial charge in [-0.05, 0) is 75.3 Å². The molecule has 0 unspecified atom stereocenters. The van der Waals surface area contributed by atoms with Crippen molar-refractivity contribution in [2.24, 2.45) is 0 Å². The Morgan fingerprint density at radius 2 is 1.59 bits per heavy atom. The Hall–Kier alpha value is -5.14. The molecule has 0 saturated heterocycles. The first kappa shape index (κ1) is 35.2. The van der Waals surface area contributed by atoms with Crippen LogP contribution >= 0.6 is 11.3 Å². The van der Waals surface area contributed by atoms with Crippen LogP contribution in [0.1, 0.15) is 38.3 Å². The number of halogens is 2. The number of hydrogen-bond donors (Lipinski definition) is 3. The highest BCUT2D eigenvalue weighted by Gasteiger charge is 2.26. The van der Waals surface area contributed by atoms with E-state index in [1.807, 2.05) is 32.7 Å². The van der Waals surface area contributed by atoms with Crippen LogP contribution in [-0.4, -0.2) is 52.2 Å². The third kappa shape index (κ3) is 7.95. The van der Waals surface area contributed by atoms with Crippen molar-refractivity contribution in [2.45, 2.75) is 46.3 Å². The van der Waals surface area contributed by atoms with Crippen molar-refractivity contribution < 1.29 is 18.4 Å². The van der Waals surface area contributed by atoms with E-state index in [0.29, 0.717) is 40.5 Å². The molecule has 13 heteroatoms. The van der Waals surface area contributed by atoms with Crippen LogP contribution in [-0.2, 0) is 17.9 Å². The number of thiophene rings is 1. The van der Waals surface area contributed by atoms with Gasteiger partial charge in [0, 0.05) is 48.2 Å². The van der Waals surface area contributed by atoms with Crippen LogP contribution in [0.5, 0.6) is 0 Å². The highest BCUT2D eigenvalue weighted by molar-refractivity contribution is 7.22. The molecule has 0 radical (unpaired) electrons. The fourth-order valence-electron chi connectivity index (χ4n) is 5.51. The van der Waals surface area contributed by atoms with Crippen molar-refractivity contribution in [3.63, 3.8) is 0 Å². The average molecular weight is 689 g/mol. The topological polar surface area (TPSA) is 117 Å². The molecule has 0 aliphatic heterocycles. The number of anilines is 1. The van der Waals surface area contributed by atoms with Crippen molar-refractivity contribution in [3.05, 3.63) is 116 Å². The van der Waals surface area contributed by atoms with Crippen LogP contribution in [0.15, 0.2) is 82.4 Å². The number of amides is 3. The number of urea groups is 1. The Balaban J connectivity index is 1.72. The largest absolute Gasteiger partial charge is 0.354 e. The second kappa shape index (κ2) is 15.4. The Labute approximate surface area is 286 Å². The predicted molar refractivity (Wildman–Crippen MR) is 190 cm³/mol. The third-order valence-electron chi connectivity index (χ3n) is 7.81. The number of rotatable bonds is 12. The van der Waals surface area contributed by atoms with Crippen LogP contribution in [0, 0.1) is 11.6 Å². The molecule has 3 N–H and O–H groups in total. The van der Waals surface area contributed by atoms with Gasteiger partial charge in [0.2, 0.25) is 5.91 Å². The zero-order valence-corrected chi connectivity index (χ0v) is 28.5. The summed E-state index contributed by atoms with van der Waals surface area (Å²) in [6, 6.07) is 18.5. The summed E-state index contributed by atoms with van der Waals surface area (Å²) in [6.45, 7) is 6.17. The Bertz CT molecular complexity index is 2070. The maximum Gasteiger partial charge on any atom is 0.337 e. The molecule has 5 rings (SSSR count). The van der Waals surface area contributed by atoms with Gasteiger partial charge >= 0.3 is 11.7 Å². The molecule has 256 valence electrons. The van der Waals surface area contributed by atoms with E-state index in [9.17, 15) is 19.2 Å². The lowest BCUT2D eigenvalue weighted by Gasteiger charge is -2.18. The first-order valence-electron chi connectivity index (χ1n) is 15.9. The molecule has 0 spiro atoms. The summed E-state index contributed by atoms with van der Waals surface area (Å²) in [7, 11) is 1.83. The lowest BCUT2D eigenvalue weighted by atomic mass is 10.1. The molecule has 10 nitrogen and oxygen atoms in total. The van der Waals surface area contributed by atoms with Crippen molar-refractivity contribution in [1.82, 2.24) is 24.7 Å². The van der Waals surface area contributed by atoms with E-state index < -0.39 is 29.4 Å². The molecule has 0 atom stereocenters. The van der Waals surface area contributed by atoms with Crippen LogP contribution < -0.4 is 27.2 Å². The summed E-state index contributed by atoms with van der Waals surface area (Å²) in [5.41, 5.74) is 0.512. The smallest absolute Gasteiger partial charge is 0.337 e. The molecule has 0 bridgehead atoms. The number of nitrogens with zero attached hydrogens (tertiary/aromatic N) is 3. The van der Waals surface area contributed by atoms with Crippen molar-refractivity contribution >= 4 is 39.2 Å². The molecule has 49 heavy (non-hydrogen) atoms. The molecule has 3 amide bonds. The summed E-state index contributed by atoms with van der Waals surface area (Å²) in [5.74, 6) is -1.74. The van der Waals surface area contributed by atoms with E-state index >= 15 is 8.78 Å². The number of benzene rings is 3. The molecule has 0 aliphatic carbocycles. The number of hydrogen-bond acceptors (Lipinski definition) is 6. The molecular formula is C36H38F2N6O4S. The van der Waals surface area contributed by atoms with Gasteiger partial charge in [0.05, 0.1) is 17.6 Å². The van der Waals surface area contributed by atoms with Crippen LogP contribution in [0.2, 0.25) is 0 Å². The number of nitrogens with one attached hydrogen (secondary N) is 3. The van der Waals surface area contributed by atoms with Gasteiger partial charge in [-0.1, -0.05) is 36.4 Å². The van der Waals surface area contributed by atoms with E-state index in [0.717, 1.165) is 16.7 Å². The third-order valence-corrected chi connectivity index (χ3v) is 9.11. The van der Waals surface area contributed by atoms with E-state index in [2.05, 4.69) is 16.0 Å². The molecule has 3 aromatic carbocycles. The second-order valence-corrected chi connectivity index (χ2v) is 12.9. The molecule has 0 saturated carbocycles. The van der Waals surface area contributed by atoms with Gasteiger partial charge in [-0.3, -0.25) is 14.2 Å². The lowest BCUT2D eigenvalue weighted by Crippen LogP contribution is -2.39. The van der Waals surface area contributed by atoms with Crippen molar-refractivity contribution in [1.29, 1.82) is 0 Å². The maximum absolute atomic E-state index is 15.0. The van der Waals surface area contributed by atoms with Gasteiger partial charge < -0.3 is 20.9 Å². The summed E-state index contributed by atoms with van der Waals surface area (Å²) >= 11 is 1.17. The summed E-state index contributed by atoms with van der Waals surface area (Å²) in [4.78, 5) is 56.0. The zero-order chi connectivity index (χ0) is 35.2. The monoisotopic (exact) mass is 688 g/mol. The van der Waals surface area contributed by atoms with Crippen LogP contribution in [0.3, 0.4) is 0 Å². The Morgan fingerprint density at radius 3 is 2.22 bits per heavy atom. The molecule has 5 aromatic rings. The summed E-state index contributed by atoms with van der Waals surface area (Å²) in [5, 5.41) is 8.55. The number of aromatic nitrogens is 2. The fraction of sp³-hybridized carbons (Fsp3) is 0.278. The highest BCUT2D eigenvalue weighted by Crippen LogP contribution is 2.38. The molecule has 2 heterocycles. The Kier molecular flexibility index (Phi) is 11.0. The normalized spacial score (nSPS) is 11.3. The van der Waals surface area contributed by atoms with Gasteiger partial charge in [0.1, 0.15) is 16.5 Å². The standard InChI is InChI=1S/C36H38F2N6O4S/c1-5-39-35(47)41-24-16-14-23(15-17-24)32-27(20-42(4)19-18-30(45)40-22(2)3)31-33(46)44(25-10-7-6-8-11-25)36(48)43(34(31)49-32)21-26-28(37)12-9-13-29(26)38/h6-17,22H,5,18-21H2,1-4H3,(H,40,45)(H2,39,41,47). The van der Waals surface area contributed by atoms with Gasteiger partial charge in [-0.25, -0.2) is 22.9 Å². The van der Waals surface area contributed by atoms with E-state index in [-0.39, 0.29) is 46.7 Å². The minimum absolute atomic E-state index is 0.0109. The van der Waals surface area contributed by atoms with Gasteiger partial charge in [0.15, 0.2) is 0 Å². The number of carbonyl (C=O) groups excluding carboxylic acids is 2. The first-order chi connectivity index (χ1) is 23.5.